The summed E-state index contributed by atoms with van der Waals surface area (Å²) in [7, 11) is 1.29. The maximum atomic E-state index is 12.9. The molecule has 2 aromatic carbocycles. The highest BCUT2D eigenvalue weighted by molar-refractivity contribution is 5.80. The average molecular weight is 447 g/mol. The largest absolute Gasteiger partial charge is 0.468 e. The first-order valence-electron chi connectivity index (χ1n) is 10.8. The Kier molecular flexibility index (Phi) is 6.72. The van der Waals surface area contributed by atoms with Crippen LogP contribution in [0.2, 0.25) is 0 Å². The number of rotatable bonds is 9. The lowest BCUT2D eigenvalue weighted by molar-refractivity contribution is -0.141. The fourth-order valence-electron chi connectivity index (χ4n) is 3.63. The standard InChI is InChI=1S/C23H25N7O3/c1-3-4-9-20-26-30(15-21(31)33-2)23(32)29(20)14-16-10-12-17(13-11-16)18-7-5-6-8-19(18)22-24-27-28-25-22/h5-8,10-13H,3-4,9,14-15H2,1-2H3,(H,24,25,27,28). The first-order chi connectivity index (χ1) is 16.1. The molecule has 0 amide bonds. The third-order valence-electron chi connectivity index (χ3n) is 5.38. The van der Waals surface area contributed by atoms with Crippen molar-refractivity contribution in [3.8, 4) is 22.5 Å². The summed E-state index contributed by atoms with van der Waals surface area (Å²) < 4.78 is 7.49. The van der Waals surface area contributed by atoms with E-state index in [0.717, 1.165) is 35.1 Å². The van der Waals surface area contributed by atoms with Crippen LogP contribution in [-0.4, -0.2) is 48.1 Å². The number of hydrogen-bond acceptors (Lipinski definition) is 7. The highest BCUT2D eigenvalue weighted by atomic mass is 16.5. The third-order valence-corrected chi connectivity index (χ3v) is 5.38. The summed E-state index contributed by atoms with van der Waals surface area (Å²) >= 11 is 0. The number of aromatic amines is 1. The van der Waals surface area contributed by atoms with Gasteiger partial charge in [-0.3, -0.25) is 9.36 Å². The van der Waals surface area contributed by atoms with Gasteiger partial charge in [-0.05, 0) is 28.3 Å². The zero-order valence-corrected chi connectivity index (χ0v) is 18.6. The molecule has 0 unspecified atom stereocenters. The molecule has 170 valence electrons. The molecule has 0 saturated carbocycles. The Balaban J connectivity index is 1.61. The van der Waals surface area contributed by atoms with Crippen LogP contribution in [0.3, 0.4) is 0 Å². The minimum Gasteiger partial charge on any atom is -0.468 e. The van der Waals surface area contributed by atoms with Gasteiger partial charge in [-0.25, -0.2) is 9.48 Å². The van der Waals surface area contributed by atoms with Crippen molar-refractivity contribution in [2.75, 3.05) is 7.11 Å². The van der Waals surface area contributed by atoms with Gasteiger partial charge < -0.3 is 4.74 Å². The lowest BCUT2D eigenvalue weighted by atomic mass is 9.98. The summed E-state index contributed by atoms with van der Waals surface area (Å²) in [5, 5.41) is 18.7. The van der Waals surface area contributed by atoms with Crippen molar-refractivity contribution in [1.82, 2.24) is 35.0 Å². The van der Waals surface area contributed by atoms with Crippen LogP contribution < -0.4 is 5.69 Å². The van der Waals surface area contributed by atoms with Crippen molar-refractivity contribution >= 4 is 5.97 Å². The Morgan fingerprint density at radius 2 is 1.85 bits per heavy atom. The van der Waals surface area contributed by atoms with E-state index in [1.807, 2.05) is 48.5 Å². The average Bonchev–Trinajstić information content (AvgIpc) is 3.48. The molecule has 10 nitrogen and oxygen atoms in total. The first kappa shape index (κ1) is 22.1. The van der Waals surface area contributed by atoms with Gasteiger partial charge in [0.15, 0.2) is 0 Å². The van der Waals surface area contributed by atoms with Gasteiger partial charge in [-0.2, -0.15) is 10.3 Å². The molecule has 0 aliphatic rings. The molecule has 0 fully saturated rings. The molecule has 1 N–H and O–H groups in total. The summed E-state index contributed by atoms with van der Waals surface area (Å²) in [5.41, 5.74) is 3.49. The third kappa shape index (κ3) is 4.89. The topological polar surface area (TPSA) is 121 Å². The Morgan fingerprint density at radius 1 is 1.09 bits per heavy atom. The van der Waals surface area contributed by atoms with Crippen molar-refractivity contribution in [2.45, 2.75) is 39.3 Å². The Hall–Kier alpha value is -4.08. The zero-order chi connectivity index (χ0) is 23.2. The smallest absolute Gasteiger partial charge is 0.346 e. The molecule has 4 rings (SSSR count). The molecule has 33 heavy (non-hydrogen) atoms. The number of nitrogens with zero attached hydrogens (tertiary/aromatic N) is 6. The van der Waals surface area contributed by atoms with Crippen LogP contribution in [0.5, 0.6) is 0 Å². The van der Waals surface area contributed by atoms with E-state index in [9.17, 15) is 9.59 Å². The van der Waals surface area contributed by atoms with Crippen molar-refractivity contribution in [3.05, 3.63) is 70.4 Å². The maximum Gasteiger partial charge on any atom is 0.346 e. The van der Waals surface area contributed by atoms with Gasteiger partial charge in [-0.1, -0.05) is 61.9 Å². The number of hydrogen-bond donors (Lipinski definition) is 1. The van der Waals surface area contributed by atoms with Crippen LogP contribution in [0.15, 0.2) is 53.3 Å². The molecular formula is C23H25N7O3. The summed E-state index contributed by atoms with van der Waals surface area (Å²) in [5.74, 6) is 0.686. The molecule has 0 saturated heterocycles. The second-order valence-corrected chi connectivity index (χ2v) is 7.60. The van der Waals surface area contributed by atoms with Gasteiger partial charge in [0.2, 0.25) is 5.82 Å². The molecule has 4 aromatic rings. The zero-order valence-electron chi connectivity index (χ0n) is 18.6. The summed E-state index contributed by atoms with van der Waals surface area (Å²) in [6, 6.07) is 15.8. The van der Waals surface area contributed by atoms with E-state index < -0.39 is 5.97 Å². The number of tetrazole rings is 1. The molecule has 10 heteroatoms. The fourth-order valence-corrected chi connectivity index (χ4v) is 3.63. The van der Waals surface area contributed by atoms with Crippen molar-refractivity contribution < 1.29 is 9.53 Å². The number of aromatic nitrogens is 7. The second kappa shape index (κ2) is 10.0. The first-order valence-corrected chi connectivity index (χ1v) is 10.8. The van der Waals surface area contributed by atoms with Gasteiger partial charge in [0.1, 0.15) is 12.4 Å². The molecule has 2 heterocycles. The summed E-state index contributed by atoms with van der Waals surface area (Å²) in [6.07, 6.45) is 2.54. The minimum atomic E-state index is -0.506. The molecule has 2 aromatic heterocycles. The molecule has 0 aliphatic carbocycles. The predicted octanol–water partition coefficient (Wildman–Crippen LogP) is 2.46. The molecule has 0 bridgehead atoms. The molecule has 0 radical (unpaired) electrons. The van der Waals surface area contributed by atoms with E-state index >= 15 is 0 Å². The van der Waals surface area contributed by atoms with E-state index in [4.69, 9.17) is 0 Å². The van der Waals surface area contributed by atoms with Crippen LogP contribution in [0, 0.1) is 0 Å². The van der Waals surface area contributed by atoms with Gasteiger partial charge in [-0.15, -0.1) is 10.2 Å². The number of unbranched alkanes of at least 4 members (excludes halogenated alkanes) is 1. The number of carbonyl (C=O) groups is 1. The molecule has 0 aliphatic heterocycles. The molecule has 0 atom stereocenters. The van der Waals surface area contributed by atoms with E-state index in [2.05, 4.69) is 37.4 Å². The molecule has 0 spiro atoms. The lowest BCUT2D eigenvalue weighted by Gasteiger charge is -2.09. The fraction of sp³-hybridized carbons (Fsp3) is 0.304. The number of esters is 1. The Labute approximate surface area is 190 Å². The van der Waals surface area contributed by atoms with E-state index in [1.165, 1.54) is 11.8 Å². The predicted molar refractivity (Wildman–Crippen MR) is 121 cm³/mol. The van der Waals surface area contributed by atoms with Crippen molar-refractivity contribution in [3.63, 3.8) is 0 Å². The van der Waals surface area contributed by atoms with Crippen molar-refractivity contribution in [2.24, 2.45) is 0 Å². The van der Waals surface area contributed by atoms with Gasteiger partial charge in [0.25, 0.3) is 0 Å². The number of aryl methyl sites for hydroxylation is 1. The maximum absolute atomic E-state index is 12.9. The quantitative estimate of drug-likeness (QED) is 0.391. The van der Waals surface area contributed by atoms with Crippen molar-refractivity contribution in [1.29, 1.82) is 0 Å². The van der Waals surface area contributed by atoms with E-state index in [0.29, 0.717) is 24.6 Å². The normalized spacial score (nSPS) is 11.0. The lowest BCUT2D eigenvalue weighted by Crippen LogP contribution is -2.28. The second-order valence-electron chi connectivity index (χ2n) is 7.60. The van der Waals surface area contributed by atoms with Crippen LogP contribution >= 0.6 is 0 Å². The van der Waals surface area contributed by atoms with E-state index in [-0.39, 0.29) is 12.2 Å². The van der Waals surface area contributed by atoms with Gasteiger partial charge >= 0.3 is 11.7 Å². The SMILES string of the molecule is CCCCc1nn(CC(=O)OC)c(=O)n1Cc1ccc(-c2ccccc2-c2nn[nH]n2)cc1. The van der Waals surface area contributed by atoms with Gasteiger partial charge in [0, 0.05) is 12.0 Å². The number of nitrogens with one attached hydrogen (secondary N) is 1. The number of carbonyl (C=O) groups excluding carboxylic acids is 1. The monoisotopic (exact) mass is 447 g/mol. The van der Waals surface area contributed by atoms with Crippen LogP contribution in [0.4, 0.5) is 0 Å². The van der Waals surface area contributed by atoms with Crippen LogP contribution in [-0.2, 0) is 29.0 Å². The summed E-state index contributed by atoms with van der Waals surface area (Å²) in [6.45, 7) is 2.25. The highest BCUT2D eigenvalue weighted by Gasteiger charge is 2.16. The number of ether oxygens (including phenoxy) is 1. The Morgan fingerprint density at radius 3 is 2.52 bits per heavy atom. The summed E-state index contributed by atoms with van der Waals surface area (Å²) in [4.78, 5) is 24.6. The van der Waals surface area contributed by atoms with E-state index in [1.54, 1.807) is 4.57 Å². The highest BCUT2D eigenvalue weighted by Crippen LogP contribution is 2.29. The molecular weight excluding hydrogens is 422 g/mol. The number of benzene rings is 2. The van der Waals surface area contributed by atoms with Gasteiger partial charge in [0.05, 0.1) is 13.7 Å². The number of methoxy groups -OCH3 is 1. The minimum absolute atomic E-state index is 0.201. The Bertz CT molecular complexity index is 1270. The number of H-pyrrole nitrogens is 1. The van der Waals surface area contributed by atoms with Crippen LogP contribution in [0.1, 0.15) is 31.2 Å². The van der Waals surface area contributed by atoms with Crippen LogP contribution in [0.25, 0.3) is 22.5 Å².